The van der Waals surface area contributed by atoms with Gasteiger partial charge in [-0.3, -0.25) is 10.1 Å². The van der Waals surface area contributed by atoms with E-state index in [-0.39, 0.29) is 23.2 Å². The van der Waals surface area contributed by atoms with Gasteiger partial charge in [0.15, 0.2) is 9.84 Å². The summed E-state index contributed by atoms with van der Waals surface area (Å²) in [5, 5.41) is 6.45. The third kappa shape index (κ3) is 4.61. The van der Waals surface area contributed by atoms with E-state index in [2.05, 4.69) is 10.5 Å². The first-order valence-electron chi connectivity index (χ1n) is 8.56. The number of hydrogen-bond donors (Lipinski definition) is 1. The van der Waals surface area contributed by atoms with Crippen LogP contribution in [0.25, 0.3) is 0 Å². The minimum atomic E-state index is -3.70. The summed E-state index contributed by atoms with van der Waals surface area (Å²) < 4.78 is 34.5. The first-order valence-corrected chi connectivity index (χ1v) is 10.2. The summed E-state index contributed by atoms with van der Waals surface area (Å²) in [4.78, 5) is 12.6. The summed E-state index contributed by atoms with van der Waals surface area (Å²) >= 11 is 0. The zero-order chi connectivity index (χ0) is 18.9. The summed E-state index contributed by atoms with van der Waals surface area (Å²) in [6.45, 7) is 9.28. The smallest absolute Gasteiger partial charge is 0.247 e. The number of carbonyl (C=O) groups excluding carboxylic acids is 1. The Labute approximate surface area is 149 Å². The molecule has 142 valence electrons. The number of ether oxygens (including phenoxy) is 1. The lowest BCUT2D eigenvalue weighted by Crippen LogP contribution is -2.48. The number of nitrogens with zero attached hydrogens (tertiary/aromatic N) is 1. The van der Waals surface area contributed by atoms with Gasteiger partial charge in [-0.1, -0.05) is 25.9 Å². The first kappa shape index (κ1) is 19.9. The van der Waals surface area contributed by atoms with E-state index in [1.807, 2.05) is 20.8 Å². The highest BCUT2D eigenvalue weighted by molar-refractivity contribution is 7.93. The lowest BCUT2D eigenvalue weighted by molar-refractivity contribution is -0.118. The standard InChI is InChI=1S/C17H28N2O5S/c1-16(2,3)13-10-14(24-19-13)18-15(20)17(4,5)25(21,22)11-12-8-6-7-9-23-12/h10,12H,6-9,11H2,1-5H3,(H,18,20). The molecule has 25 heavy (non-hydrogen) atoms. The molecule has 7 nitrogen and oxygen atoms in total. The van der Waals surface area contributed by atoms with Gasteiger partial charge in [-0.2, -0.15) is 0 Å². The van der Waals surface area contributed by atoms with E-state index >= 15 is 0 Å². The predicted octanol–water partition coefficient (Wildman–Crippen LogP) is 2.67. The fourth-order valence-electron chi connectivity index (χ4n) is 2.48. The topological polar surface area (TPSA) is 98.5 Å². The van der Waals surface area contributed by atoms with Gasteiger partial charge < -0.3 is 9.26 Å². The highest BCUT2D eigenvalue weighted by atomic mass is 32.2. The van der Waals surface area contributed by atoms with E-state index in [9.17, 15) is 13.2 Å². The zero-order valence-electron chi connectivity index (χ0n) is 15.6. The second-order valence-corrected chi connectivity index (χ2v) is 10.6. The van der Waals surface area contributed by atoms with Crippen molar-refractivity contribution in [3.63, 3.8) is 0 Å². The van der Waals surface area contributed by atoms with Crippen molar-refractivity contribution >= 4 is 21.6 Å². The van der Waals surface area contributed by atoms with Gasteiger partial charge in [0.25, 0.3) is 0 Å². The molecule has 8 heteroatoms. The molecule has 0 bridgehead atoms. The van der Waals surface area contributed by atoms with Gasteiger partial charge in [0, 0.05) is 18.1 Å². The van der Waals surface area contributed by atoms with Crippen molar-refractivity contribution in [2.24, 2.45) is 0 Å². The van der Waals surface area contributed by atoms with E-state index in [0.717, 1.165) is 12.8 Å². The molecule has 1 aliphatic heterocycles. The van der Waals surface area contributed by atoms with E-state index in [0.29, 0.717) is 18.7 Å². The highest BCUT2D eigenvalue weighted by Crippen LogP contribution is 2.27. The SMILES string of the molecule is CC(C)(C)c1cc(NC(=O)C(C)(C)S(=O)(=O)CC2CCCCO2)on1. The van der Waals surface area contributed by atoms with E-state index in [1.54, 1.807) is 6.07 Å². The Hall–Kier alpha value is -1.41. The monoisotopic (exact) mass is 372 g/mol. The van der Waals surface area contributed by atoms with Gasteiger partial charge in [-0.25, -0.2) is 8.42 Å². The van der Waals surface area contributed by atoms with Crippen LogP contribution in [0.4, 0.5) is 5.88 Å². The number of rotatable bonds is 5. The Bertz CT molecular complexity index is 710. The fraction of sp³-hybridized carbons (Fsp3) is 0.765. The number of hydrogen-bond acceptors (Lipinski definition) is 6. The van der Waals surface area contributed by atoms with Crippen LogP contribution < -0.4 is 5.32 Å². The average molecular weight is 372 g/mol. The molecule has 1 aromatic heterocycles. The van der Waals surface area contributed by atoms with Crippen molar-refractivity contribution in [3.8, 4) is 0 Å². The summed E-state index contributed by atoms with van der Waals surface area (Å²) in [5.41, 5.74) is 0.450. The Morgan fingerprint density at radius 3 is 2.48 bits per heavy atom. The van der Waals surface area contributed by atoms with E-state index in [4.69, 9.17) is 9.26 Å². The number of sulfone groups is 1. The predicted molar refractivity (Wildman–Crippen MR) is 95.3 cm³/mol. The van der Waals surface area contributed by atoms with Crippen LogP contribution in [0.15, 0.2) is 10.6 Å². The molecule has 0 saturated carbocycles. The Morgan fingerprint density at radius 2 is 1.96 bits per heavy atom. The van der Waals surface area contributed by atoms with Gasteiger partial charge in [-0.15, -0.1) is 0 Å². The van der Waals surface area contributed by atoms with Crippen molar-refractivity contribution < 1.29 is 22.5 Å². The number of anilines is 1. The minimum absolute atomic E-state index is 0.145. The first-order chi connectivity index (χ1) is 11.4. The van der Waals surface area contributed by atoms with Crippen LogP contribution in [0.2, 0.25) is 0 Å². The molecule has 0 spiro atoms. The second-order valence-electron chi connectivity index (χ2n) is 8.06. The van der Waals surface area contributed by atoms with Gasteiger partial charge in [0.05, 0.1) is 17.6 Å². The number of aromatic nitrogens is 1. The molecule has 1 amide bonds. The van der Waals surface area contributed by atoms with Crippen molar-refractivity contribution in [1.29, 1.82) is 0 Å². The van der Waals surface area contributed by atoms with Crippen molar-refractivity contribution in [1.82, 2.24) is 5.16 Å². The molecule has 1 saturated heterocycles. The van der Waals surface area contributed by atoms with E-state index < -0.39 is 20.5 Å². The van der Waals surface area contributed by atoms with Gasteiger partial charge >= 0.3 is 0 Å². The zero-order valence-corrected chi connectivity index (χ0v) is 16.4. The molecular formula is C17H28N2O5S. The molecule has 0 radical (unpaired) electrons. The molecule has 1 aliphatic rings. The summed E-state index contributed by atoms with van der Waals surface area (Å²) in [6, 6.07) is 1.62. The molecule has 1 atom stereocenters. The van der Waals surface area contributed by atoms with Crippen LogP contribution in [-0.4, -0.2) is 42.7 Å². The summed E-state index contributed by atoms with van der Waals surface area (Å²) in [5.74, 6) is -0.649. The van der Waals surface area contributed by atoms with Crippen molar-refractivity contribution in [2.45, 2.75) is 70.1 Å². The fourth-order valence-corrected chi connectivity index (χ4v) is 3.99. The van der Waals surface area contributed by atoms with Crippen LogP contribution in [0, 0.1) is 0 Å². The number of carbonyl (C=O) groups is 1. The number of nitrogens with one attached hydrogen (secondary N) is 1. The normalized spacial score (nSPS) is 19.6. The molecule has 1 aromatic rings. The molecule has 1 fully saturated rings. The third-order valence-corrected chi connectivity index (χ3v) is 7.07. The lowest BCUT2D eigenvalue weighted by Gasteiger charge is -2.28. The Balaban J connectivity index is 2.09. The van der Waals surface area contributed by atoms with Crippen molar-refractivity contribution in [2.75, 3.05) is 17.7 Å². The summed E-state index contributed by atoms with van der Waals surface area (Å²) in [6.07, 6.45) is 2.25. The molecule has 1 unspecified atom stereocenters. The maximum absolute atomic E-state index is 12.7. The molecule has 1 N–H and O–H groups in total. The molecular weight excluding hydrogens is 344 g/mol. The van der Waals surface area contributed by atoms with Crippen LogP contribution in [-0.2, 0) is 24.8 Å². The largest absolute Gasteiger partial charge is 0.377 e. The maximum atomic E-state index is 12.7. The number of amides is 1. The van der Waals surface area contributed by atoms with Crippen LogP contribution in [0.5, 0.6) is 0 Å². The van der Waals surface area contributed by atoms with Crippen LogP contribution in [0.3, 0.4) is 0 Å². The quantitative estimate of drug-likeness (QED) is 0.853. The average Bonchev–Trinajstić information content (AvgIpc) is 2.96. The van der Waals surface area contributed by atoms with Crippen LogP contribution >= 0.6 is 0 Å². The molecule has 0 aliphatic carbocycles. The minimum Gasteiger partial charge on any atom is -0.377 e. The molecule has 2 heterocycles. The Kier molecular flexibility index (Phi) is 5.63. The molecule has 2 rings (SSSR count). The van der Waals surface area contributed by atoms with Gasteiger partial charge in [-0.05, 0) is 33.1 Å². The van der Waals surface area contributed by atoms with Crippen LogP contribution in [0.1, 0.15) is 59.6 Å². The van der Waals surface area contributed by atoms with Gasteiger partial charge in [0.1, 0.15) is 4.75 Å². The van der Waals surface area contributed by atoms with Gasteiger partial charge in [0.2, 0.25) is 11.8 Å². The van der Waals surface area contributed by atoms with Crippen molar-refractivity contribution in [3.05, 3.63) is 11.8 Å². The maximum Gasteiger partial charge on any atom is 0.247 e. The molecule has 0 aromatic carbocycles. The summed E-state index contributed by atoms with van der Waals surface area (Å²) in [7, 11) is -3.70. The lowest BCUT2D eigenvalue weighted by atomic mass is 9.92. The Morgan fingerprint density at radius 1 is 1.28 bits per heavy atom. The van der Waals surface area contributed by atoms with E-state index in [1.165, 1.54) is 13.8 Å². The highest BCUT2D eigenvalue weighted by Gasteiger charge is 2.43. The second kappa shape index (κ2) is 7.07. The third-order valence-electron chi connectivity index (χ3n) is 4.52.